The zero-order chi connectivity index (χ0) is 24.5. The number of anilines is 1. The van der Waals surface area contributed by atoms with Gasteiger partial charge in [0.25, 0.3) is 0 Å². The van der Waals surface area contributed by atoms with Crippen molar-refractivity contribution < 1.29 is 18.3 Å². The normalized spacial score (nSPS) is 21.1. The molecule has 5 rings (SSSR count). The molecule has 0 radical (unpaired) electrons. The number of halogens is 3. The Hall–Kier alpha value is -2.50. The smallest absolute Gasteiger partial charge is 0.150 e. The highest BCUT2D eigenvalue weighted by Gasteiger charge is 2.43. The van der Waals surface area contributed by atoms with Gasteiger partial charge >= 0.3 is 0 Å². The van der Waals surface area contributed by atoms with Crippen molar-refractivity contribution >= 4 is 21.7 Å². The molecule has 2 fully saturated rings. The van der Waals surface area contributed by atoms with E-state index in [0.29, 0.717) is 40.1 Å². The molecule has 35 heavy (non-hydrogen) atoms. The topological polar surface area (TPSA) is 112 Å². The Bertz CT molecular complexity index is 1200. The maximum absolute atomic E-state index is 15.1. The Kier molecular flexibility index (Phi) is 7.08. The summed E-state index contributed by atoms with van der Waals surface area (Å²) in [6.07, 6.45) is 2.52. The van der Waals surface area contributed by atoms with Gasteiger partial charge in [0.05, 0.1) is 11.9 Å². The van der Waals surface area contributed by atoms with Crippen LogP contribution in [0.15, 0.2) is 47.1 Å². The van der Waals surface area contributed by atoms with Gasteiger partial charge in [-0.2, -0.15) is 0 Å². The van der Waals surface area contributed by atoms with Gasteiger partial charge in [0.2, 0.25) is 0 Å². The molecule has 184 valence electrons. The molecule has 0 aliphatic carbocycles. The molecule has 0 saturated carbocycles. The predicted octanol–water partition coefficient (Wildman–Crippen LogP) is 4.35. The Morgan fingerprint density at radius 1 is 1.14 bits per heavy atom. The summed E-state index contributed by atoms with van der Waals surface area (Å²) in [5.41, 5.74) is 14.9. The summed E-state index contributed by atoms with van der Waals surface area (Å²) in [7, 11) is 0. The molecular formula is C25H26BrF2N5O2. The summed E-state index contributed by atoms with van der Waals surface area (Å²) in [5, 5.41) is 3.23. The number of nitrogens with two attached hydrogens (primary N) is 2. The lowest BCUT2D eigenvalue weighted by molar-refractivity contribution is 0.0844. The number of nitrogens with one attached hydrogen (secondary N) is 1. The van der Waals surface area contributed by atoms with Gasteiger partial charge in [0.1, 0.15) is 35.5 Å². The van der Waals surface area contributed by atoms with Crippen LogP contribution in [0.3, 0.4) is 0 Å². The summed E-state index contributed by atoms with van der Waals surface area (Å²) in [6, 6.07) is 9.10. The minimum Gasteiger partial charge on any atom is -0.382 e. The quantitative estimate of drug-likeness (QED) is 0.378. The van der Waals surface area contributed by atoms with Crippen LogP contribution in [-0.4, -0.2) is 36.0 Å². The van der Waals surface area contributed by atoms with Gasteiger partial charge in [-0.1, -0.05) is 28.1 Å². The summed E-state index contributed by atoms with van der Waals surface area (Å²) >= 11 is 3.29. The van der Waals surface area contributed by atoms with Crippen LogP contribution in [0.2, 0.25) is 0 Å². The van der Waals surface area contributed by atoms with Crippen molar-refractivity contribution in [3.05, 3.63) is 75.5 Å². The molecule has 2 aliphatic rings. The van der Waals surface area contributed by atoms with Crippen molar-refractivity contribution in [2.75, 3.05) is 25.5 Å². The van der Waals surface area contributed by atoms with Crippen LogP contribution in [0.25, 0.3) is 11.3 Å². The van der Waals surface area contributed by atoms with Gasteiger partial charge in [-0.15, -0.1) is 0 Å². The van der Waals surface area contributed by atoms with Gasteiger partial charge in [-0.25, -0.2) is 18.7 Å². The van der Waals surface area contributed by atoms with Crippen LogP contribution in [0.1, 0.15) is 47.7 Å². The molecule has 3 atom stereocenters. The molecule has 1 aromatic heterocycles. The van der Waals surface area contributed by atoms with Crippen molar-refractivity contribution in [1.82, 2.24) is 15.3 Å². The molecule has 0 bridgehead atoms. The molecule has 10 heteroatoms. The number of rotatable bonds is 7. The fraction of sp³-hybridized carbons (Fsp3) is 0.360. The van der Waals surface area contributed by atoms with Crippen LogP contribution in [0.4, 0.5) is 14.6 Å². The zero-order valence-corrected chi connectivity index (χ0v) is 20.5. The molecular weight excluding hydrogens is 520 g/mol. The number of epoxide rings is 1. The number of nitrogen functional groups attached to an aromatic ring is 1. The van der Waals surface area contributed by atoms with Gasteiger partial charge in [-0.05, 0) is 42.7 Å². The van der Waals surface area contributed by atoms with E-state index < -0.39 is 18.1 Å². The number of nitrogens with zero attached hydrogens (tertiary/aromatic N) is 2. The molecule has 0 amide bonds. The maximum Gasteiger partial charge on any atom is 0.150 e. The summed E-state index contributed by atoms with van der Waals surface area (Å²) in [4.78, 5) is 9.01. The maximum atomic E-state index is 15.1. The number of hydrogen-bond donors (Lipinski definition) is 3. The van der Waals surface area contributed by atoms with Gasteiger partial charge in [-0.3, -0.25) is 5.32 Å². The Morgan fingerprint density at radius 3 is 2.66 bits per heavy atom. The molecule has 2 unspecified atom stereocenters. The second-order valence-electron chi connectivity index (χ2n) is 8.79. The Labute approximate surface area is 210 Å². The third-order valence-electron chi connectivity index (χ3n) is 6.42. The molecule has 0 spiro atoms. The minimum absolute atomic E-state index is 0.227. The average Bonchev–Trinajstić information content (AvgIpc) is 3.61. The monoisotopic (exact) mass is 545 g/mol. The third kappa shape index (κ3) is 5.36. The van der Waals surface area contributed by atoms with E-state index in [2.05, 4.69) is 26.2 Å². The second-order valence-corrected chi connectivity index (χ2v) is 9.70. The van der Waals surface area contributed by atoms with Gasteiger partial charge in [0, 0.05) is 47.3 Å². The highest BCUT2D eigenvalue weighted by molar-refractivity contribution is 9.10. The Balaban J connectivity index is 1.31. The fourth-order valence-electron chi connectivity index (χ4n) is 4.47. The number of hydrogen-bond acceptors (Lipinski definition) is 7. The number of benzene rings is 2. The molecule has 3 aromatic rings. The molecule has 2 saturated heterocycles. The van der Waals surface area contributed by atoms with Crippen LogP contribution >= 0.6 is 15.9 Å². The van der Waals surface area contributed by atoms with Crippen molar-refractivity contribution in [3.63, 3.8) is 0 Å². The first-order chi connectivity index (χ1) is 16.9. The van der Waals surface area contributed by atoms with Crippen LogP contribution in [0.5, 0.6) is 0 Å². The van der Waals surface area contributed by atoms with Crippen molar-refractivity contribution in [3.8, 4) is 11.3 Å². The lowest BCUT2D eigenvalue weighted by Crippen LogP contribution is -2.31. The van der Waals surface area contributed by atoms with E-state index in [4.69, 9.17) is 25.9 Å². The van der Waals surface area contributed by atoms with Gasteiger partial charge in [0.15, 0.2) is 0 Å². The highest BCUT2D eigenvalue weighted by atomic mass is 79.9. The third-order valence-corrected chi connectivity index (χ3v) is 6.88. The van der Waals surface area contributed by atoms with E-state index >= 15 is 4.39 Å². The zero-order valence-electron chi connectivity index (χ0n) is 18.9. The molecule has 7 nitrogen and oxygen atoms in total. The van der Waals surface area contributed by atoms with Crippen LogP contribution < -0.4 is 16.8 Å². The van der Waals surface area contributed by atoms with Crippen LogP contribution in [0, 0.1) is 11.6 Å². The lowest BCUT2D eigenvalue weighted by Gasteiger charge is -2.22. The average molecular weight is 546 g/mol. The van der Waals surface area contributed by atoms with Crippen molar-refractivity contribution in [2.45, 2.75) is 37.1 Å². The van der Waals surface area contributed by atoms with Crippen LogP contribution in [-0.2, 0) is 9.47 Å². The van der Waals surface area contributed by atoms with E-state index in [0.717, 1.165) is 18.5 Å². The Morgan fingerprint density at radius 2 is 1.94 bits per heavy atom. The first-order valence-electron chi connectivity index (χ1n) is 11.5. The molecule has 2 aromatic carbocycles. The molecule has 2 aliphatic heterocycles. The SMILES string of the molecule is NC[C@@H](NC1OC1c1ccc(-c2nc(C3CCOCC3)cnc2N)cc1F)c1cc(F)cc(Br)c1. The minimum atomic E-state index is -0.480. The van der Waals surface area contributed by atoms with E-state index in [9.17, 15) is 4.39 Å². The largest absolute Gasteiger partial charge is 0.382 e. The van der Waals surface area contributed by atoms with E-state index in [1.54, 1.807) is 24.4 Å². The summed E-state index contributed by atoms with van der Waals surface area (Å²) in [5.74, 6) is -0.289. The highest BCUT2D eigenvalue weighted by Crippen LogP contribution is 2.41. The molecule has 3 heterocycles. The van der Waals surface area contributed by atoms with E-state index in [1.165, 1.54) is 18.2 Å². The van der Waals surface area contributed by atoms with Gasteiger partial charge < -0.3 is 20.9 Å². The summed E-state index contributed by atoms with van der Waals surface area (Å²) < 4.78 is 40.7. The second kappa shape index (κ2) is 10.2. The fourth-order valence-corrected chi connectivity index (χ4v) is 4.95. The lowest BCUT2D eigenvalue weighted by atomic mass is 9.96. The first-order valence-corrected chi connectivity index (χ1v) is 12.3. The van der Waals surface area contributed by atoms with Crippen molar-refractivity contribution in [2.24, 2.45) is 5.73 Å². The van der Waals surface area contributed by atoms with E-state index in [-0.39, 0.29) is 30.1 Å². The summed E-state index contributed by atoms with van der Waals surface area (Å²) in [6.45, 7) is 1.60. The first kappa shape index (κ1) is 24.2. The standard InChI is InChI=1S/C25H26BrF2N5O2/c26-16-7-15(8-17(27)10-16)20(11-29)33-25-23(35-25)18-2-1-14(9-19(18)28)22-24(30)31-12-21(32-22)13-3-5-34-6-4-13/h1-2,7-10,12-13,20,23,25,33H,3-6,11,29H2,(H2,30,31)/t20-,23?,25?/m1/s1. The van der Waals surface area contributed by atoms with E-state index in [1.807, 2.05) is 0 Å². The predicted molar refractivity (Wildman–Crippen MR) is 131 cm³/mol. The number of aromatic nitrogens is 2. The molecule has 5 N–H and O–H groups in total. The number of ether oxygens (including phenoxy) is 2. The van der Waals surface area contributed by atoms with Crippen molar-refractivity contribution in [1.29, 1.82) is 0 Å².